The van der Waals surface area contributed by atoms with E-state index in [0.717, 1.165) is 25.9 Å². The highest BCUT2D eigenvalue weighted by Gasteiger charge is 2.38. The smallest absolute Gasteiger partial charge is 0.0629 e. The lowest BCUT2D eigenvalue weighted by molar-refractivity contribution is 0.0831. The number of fused-ring (bicyclic) bond motifs is 1. The van der Waals surface area contributed by atoms with Crippen molar-refractivity contribution in [2.24, 2.45) is 5.92 Å². The van der Waals surface area contributed by atoms with Gasteiger partial charge in [0.25, 0.3) is 0 Å². The molecule has 1 heterocycles. The Morgan fingerprint density at radius 3 is 2.89 bits per heavy atom. The molecular weight excluding hydrogens is 116 g/mol. The van der Waals surface area contributed by atoms with E-state index in [1.165, 1.54) is 0 Å². The Kier molecular flexibility index (Phi) is 1.24. The van der Waals surface area contributed by atoms with Crippen LogP contribution < -0.4 is 0 Å². The average molecular weight is 128 g/mol. The van der Waals surface area contributed by atoms with Crippen LogP contribution in [0.1, 0.15) is 19.3 Å². The number of hydrogen-bond donors (Lipinski definition) is 1. The maximum atomic E-state index is 9.32. The summed E-state index contributed by atoms with van der Waals surface area (Å²) in [7, 11) is 0. The Hall–Kier alpha value is -0.0800. The van der Waals surface area contributed by atoms with E-state index in [-0.39, 0.29) is 6.10 Å². The van der Waals surface area contributed by atoms with Crippen molar-refractivity contribution in [2.75, 3.05) is 6.61 Å². The molecule has 1 aliphatic heterocycles. The maximum absolute atomic E-state index is 9.32. The van der Waals surface area contributed by atoms with Gasteiger partial charge in [-0.3, -0.25) is 0 Å². The number of ether oxygens (including phenoxy) is 1. The normalized spacial score (nSPS) is 49.7. The zero-order valence-electron chi connectivity index (χ0n) is 5.42. The minimum atomic E-state index is -0.0579. The summed E-state index contributed by atoms with van der Waals surface area (Å²) in [6, 6.07) is 0. The summed E-state index contributed by atoms with van der Waals surface area (Å²) in [6.45, 7) is 0.867. The van der Waals surface area contributed by atoms with Crippen molar-refractivity contribution in [1.82, 2.24) is 0 Å². The van der Waals surface area contributed by atoms with Crippen molar-refractivity contribution in [3.8, 4) is 0 Å². The van der Waals surface area contributed by atoms with E-state index in [0.29, 0.717) is 12.0 Å². The van der Waals surface area contributed by atoms with Gasteiger partial charge < -0.3 is 9.84 Å². The summed E-state index contributed by atoms with van der Waals surface area (Å²) in [5.41, 5.74) is 0. The highest BCUT2D eigenvalue weighted by atomic mass is 16.5. The monoisotopic (exact) mass is 128 g/mol. The Bertz CT molecular complexity index is 113. The Morgan fingerprint density at radius 1 is 1.22 bits per heavy atom. The summed E-state index contributed by atoms with van der Waals surface area (Å²) in [5, 5.41) is 9.32. The minimum absolute atomic E-state index is 0.0579. The van der Waals surface area contributed by atoms with Gasteiger partial charge in [-0.25, -0.2) is 0 Å². The molecule has 0 bridgehead atoms. The first-order chi connectivity index (χ1) is 4.38. The standard InChI is InChI=1S/C7H12O2/c8-6-1-2-7-5(6)3-4-9-7/h5-8H,1-4H2/t5?,6?,7-/m1/s1. The van der Waals surface area contributed by atoms with Crippen LogP contribution in [0.15, 0.2) is 0 Å². The van der Waals surface area contributed by atoms with E-state index in [2.05, 4.69) is 0 Å². The zero-order valence-corrected chi connectivity index (χ0v) is 5.42. The molecule has 3 atom stereocenters. The quantitative estimate of drug-likeness (QED) is 0.516. The van der Waals surface area contributed by atoms with Crippen molar-refractivity contribution < 1.29 is 9.84 Å². The predicted octanol–water partition coefficient (Wildman–Crippen LogP) is 0.546. The molecule has 0 aromatic carbocycles. The maximum Gasteiger partial charge on any atom is 0.0629 e. The fourth-order valence-electron chi connectivity index (χ4n) is 1.95. The molecule has 1 saturated heterocycles. The molecule has 1 aliphatic carbocycles. The second kappa shape index (κ2) is 1.96. The highest BCUT2D eigenvalue weighted by Crippen LogP contribution is 2.35. The van der Waals surface area contributed by atoms with Crippen LogP contribution in [0.2, 0.25) is 0 Å². The molecule has 0 amide bonds. The first-order valence-electron chi connectivity index (χ1n) is 3.67. The second-order valence-electron chi connectivity index (χ2n) is 3.01. The first-order valence-corrected chi connectivity index (χ1v) is 3.67. The molecule has 0 radical (unpaired) electrons. The van der Waals surface area contributed by atoms with Gasteiger partial charge in [0.05, 0.1) is 12.2 Å². The lowest BCUT2D eigenvalue weighted by Crippen LogP contribution is -2.17. The van der Waals surface area contributed by atoms with Crippen LogP contribution >= 0.6 is 0 Å². The lowest BCUT2D eigenvalue weighted by atomic mass is 10.0. The van der Waals surface area contributed by atoms with Crippen molar-refractivity contribution >= 4 is 0 Å². The number of aliphatic hydroxyl groups excluding tert-OH is 1. The second-order valence-corrected chi connectivity index (χ2v) is 3.01. The molecule has 2 heteroatoms. The molecule has 2 rings (SSSR count). The Balaban J connectivity index is 2.07. The molecule has 1 N–H and O–H groups in total. The van der Waals surface area contributed by atoms with Crippen LogP contribution in [0, 0.1) is 5.92 Å². The third kappa shape index (κ3) is 0.775. The number of hydrogen-bond acceptors (Lipinski definition) is 2. The van der Waals surface area contributed by atoms with E-state index in [1.807, 2.05) is 0 Å². The van der Waals surface area contributed by atoms with Gasteiger partial charge in [-0.2, -0.15) is 0 Å². The van der Waals surface area contributed by atoms with Gasteiger partial charge in [0.2, 0.25) is 0 Å². The van der Waals surface area contributed by atoms with Crippen LogP contribution in [0.4, 0.5) is 0 Å². The highest BCUT2D eigenvalue weighted by molar-refractivity contribution is 4.88. The molecule has 2 aliphatic rings. The third-order valence-electron chi connectivity index (χ3n) is 2.50. The van der Waals surface area contributed by atoms with Crippen molar-refractivity contribution in [1.29, 1.82) is 0 Å². The van der Waals surface area contributed by atoms with Gasteiger partial charge in [0.1, 0.15) is 0 Å². The summed E-state index contributed by atoms with van der Waals surface area (Å²) < 4.78 is 5.39. The van der Waals surface area contributed by atoms with Gasteiger partial charge in [-0.1, -0.05) is 0 Å². The third-order valence-corrected chi connectivity index (χ3v) is 2.50. The van der Waals surface area contributed by atoms with E-state index >= 15 is 0 Å². The van der Waals surface area contributed by atoms with E-state index in [9.17, 15) is 5.11 Å². The summed E-state index contributed by atoms with van der Waals surface area (Å²) in [6.07, 6.45) is 3.45. The van der Waals surface area contributed by atoms with E-state index in [4.69, 9.17) is 4.74 Å². The molecule has 9 heavy (non-hydrogen) atoms. The topological polar surface area (TPSA) is 29.5 Å². The summed E-state index contributed by atoms with van der Waals surface area (Å²) in [4.78, 5) is 0. The van der Waals surface area contributed by atoms with Crippen LogP contribution in [-0.4, -0.2) is 23.9 Å². The summed E-state index contributed by atoms with van der Waals surface area (Å²) in [5.74, 6) is 0.477. The van der Waals surface area contributed by atoms with Gasteiger partial charge in [0.15, 0.2) is 0 Å². The molecule has 2 unspecified atom stereocenters. The molecule has 0 aromatic heterocycles. The van der Waals surface area contributed by atoms with Gasteiger partial charge >= 0.3 is 0 Å². The van der Waals surface area contributed by atoms with Crippen molar-refractivity contribution in [3.63, 3.8) is 0 Å². The lowest BCUT2D eigenvalue weighted by Gasteiger charge is -2.09. The predicted molar refractivity (Wildman–Crippen MR) is 33.1 cm³/mol. The average Bonchev–Trinajstić information content (AvgIpc) is 2.35. The number of rotatable bonds is 0. The molecule has 52 valence electrons. The molecule has 2 fully saturated rings. The fraction of sp³-hybridized carbons (Fsp3) is 1.00. The minimum Gasteiger partial charge on any atom is -0.393 e. The van der Waals surface area contributed by atoms with Crippen LogP contribution in [-0.2, 0) is 4.74 Å². The molecule has 1 saturated carbocycles. The van der Waals surface area contributed by atoms with Crippen molar-refractivity contribution in [3.05, 3.63) is 0 Å². The zero-order chi connectivity index (χ0) is 6.27. The number of aliphatic hydroxyl groups is 1. The van der Waals surface area contributed by atoms with Crippen molar-refractivity contribution in [2.45, 2.75) is 31.5 Å². The first kappa shape index (κ1) is 5.69. The fourth-order valence-corrected chi connectivity index (χ4v) is 1.95. The molecular formula is C7H12O2. The van der Waals surface area contributed by atoms with Crippen LogP contribution in [0.3, 0.4) is 0 Å². The Morgan fingerprint density at radius 2 is 2.11 bits per heavy atom. The van der Waals surface area contributed by atoms with E-state index in [1.54, 1.807) is 0 Å². The van der Waals surface area contributed by atoms with Crippen LogP contribution in [0.5, 0.6) is 0 Å². The largest absolute Gasteiger partial charge is 0.393 e. The van der Waals surface area contributed by atoms with Gasteiger partial charge in [0, 0.05) is 12.5 Å². The van der Waals surface area contributed by atoms with E-state index < -0.39 is 0 Å². The van der Waals surface area contributed by atoms with Crippen LogP contribution in [0.25, 0.3) is 0 Å². The SMILES string of the molecule is OC1CC[C@H]2OCCC12. The Labute approximate surface area is 54.8 Å². The van der Waals surface area contributed by atoms with Gasteiger partial charge in [-0.15, -0.1) is 0 Å². The molecule has 0 spiro atoms. The molecule has 0 aromatic rings. The summed E-state index contributed by atoms with van der Waals surface area (Å²) >= 11 is 0. The molecule has 2 nitrogen and oxygen atoms in total. The van der Waals surface area contributed by atoms with Gasteiger partial charge in [-0.05, 0) is 19.3 Å².